The van der Waals surface area contributed by atoms with Gasteiger partial charge in [-0.25, -0.2) is 0 Å². The summed E-state index contributed by atoms with van der Waals surface area (Å²) in [5.74, 6) is -2.62. The molecule has 9 heavy (non-hydrogen) atoms. The van der Waals surface area contributed by atoms with Gasteiger partial charge in [-0.1, -0.05) is 0 Å². The summed E-state index contributed by atoms with van der Waals surface area (Å²) in [7, 11) is 0. The molecule has 0 aromatic carbocycles. The van der Waals surface area contributed by atoms with E-state index in [0.717, 1.165) is 0 Å². The Labute approximate surface area is 96.2 Å². The second-order valence-corrected chi connectivity index (χ2v) is 0.964. The summed E-state index contributed by atoms with van der Waals surface area (Å²) in [6, 6.07) is 0. The van der Waals surface area contributed by atoms with Crippen LogP contribution in [-0.2, 0) is 9.59 Å². The normalized spacial score (nSPS) is 6.22. The van der Waals surface area contributed by atoms with Crippen molar-refractivity contribution in [2.75, 3.05) is 0 Å². The Balaban J connectivity index is -0.000000180. The monoisotopic (exact) mass is 150 g/mol. The number of carboxylic acids is 2. The Kier molecular flexibility index (Phi) is 16.4. The molecule has 0 fully saturated rings. The standard InChI is InChI=1S/C3H4O4.2Na/c4-2(5)1-3(6)7;;/h1H2,(H,4,5)(H,6,7);;. The maximum atomic E-state index is 9.43. The first-order valence-corrected chi connectivity index (χ1v) is 1.56. The van der Waals surface area contributed by atoms with Crippen molar-refractivity contribution in [1.29, 1.82) is 0 Å². The molecule has 0 heterocycles. The van der Waals surface area contributed by atoms with Crippen LogP contribution >= 0.6 is 0 Å². The SMILES string of the molecule is O=C(O)CC(=O)O.[Na].[Na]. The summed E-state index contributed by atoms with van der Waals surface area (Å²) in [6.07, 6.45) is -0.806. The molecule has 4 nitrogen and oxygen atoms in total. The Hall–Kier alpha value is 0.940. The van der Waals surface area contributed by atoms with Crippen LogP contribution < -0.4 is 0 Å². The summed E-state index contributed by atoms with van der Waals surface area (Å²) in [4.78, 5) is 18.9. The van der Waals surface area contributed by atoms with E-state index in [1.54, 1.807) is 0 Å². The summed E-state index contributed by atoms with van der Waals surface area (Å²) < 4.78 is 0. The van der Waals surface area contributed by atoms with Gasteiger partial charge in [-0.2, -0.15) is 0 Å². The van der Waals surface area contributed by atoms with Gasteiger partial charge in [0.1, 0.15) is 6.42 Å². The van der Waals surface area contributed by atoms with Crippen LogP contribution in [0.4, 0.5) is 0 Å². The van der Waals surface area contributed by atoms with Crippen LogP contribution in [0.3, 0.4) is 0 Å². The topological polar surface area (TPSA) is 74.6 Å². The molecule has 42 valence electrons. The van der Waals surface area contributed by atoms with Crippen LogP contribution in [-0.4, -0.2) is 81.3 Å². The predicted molar refractivity (Wildman–Crippen MR) is 31.4 cm³/mol. The number of rotatable bonds is 2. The third kappa shape index (κ3) is 17.6. The van der Waals surface area contributed by atoms with Crippen molar-refractivity contribution >= 4 is 71.1 Å². The number of hydrogen-bond acceptors (Lipinski definition) is 2. The van der Waals surface area contributed by atoms with Crippen molar-refractivity contribution in [3.63, 3.8) is 0 Å². The van der Waals surface area contributed by atoms with Crippen LogP contribution in [0.1, 0.15) is 6.42 Å². The molecule has 0 aliphatic rings. The second-order valence-electron chi connectivity index (χ2n) is 0.964. The molecule has 0 aromatic heterocycles. The predicted octanol–water partition coefficient (Wildman–Crippen LogP) is -1.22. The molecule has 0 bridgehead atoms. The maximum absolute atomic E-state index is 9.43. The van der Waals surface area contributed by atoms with Crippen LogP contribution in [0.25, 0.3) is 0 Å². The maximum Gasteiger partial charge on any atom is 0.314 e. The fourth-order valence-corrected chi connectivity index (χ4v) is 0.129. The summed E-state index contributed by atoms with van der Waals surface area (Å²) in [6.45, 7) is 0. The first-order chi connectivity index (χ1) is 3.13. The largest absolute Gasteiger partial charge is 0.481 e. The van der Waals surface area contributed by atoms with E-state index in [0.29, 0.717) is 0 Å². The average molecular weight is 150 g/mol. The fraction of sp³-hybridized carbons (Fsp3) is 0.333. The van der Waals surface area contributed by atoms with Crippen molar-refractivity contribution in [3.8, 4) is 0 Å². The molecule has 0 aliphatic heterocycles. The molecule has 0 rings (SSSR count). The molecular weight excluding hydrogens is 146 g/mol. The third-order valence-corrected chi connectivity index (χ3v) is 0.302. The summed E-state index contributed by atoms with van der Waals surface area (Å²) in [5.41, 5.74) is 0. The smallest absolute Gasteiger partial charge is 0.314 e. The Morgan fingerprint density at radius 2 is 1.22 bits per heavy atom. The van der Waals surface area contributed by atoms with Gasteiger partial charge in [0.2, 0.25) is 0 Å². The van der Waals surface area contributed by atoms with Gasteiger partial charge in [-0.15, -0.1) is 0 Å². The van der Waals surface area contributed by atoms with Gasteiger partial charge in [0, 0.05) is 59.1 Å². The van der Waals surface area contributed by atoms with Crippen molar-refractivity contribution in [1.82, 2.24) is 0 Å². The first kappa shape index (κ1) is 16.5. The van der Waals surface area contributed by atoms with Crippen molar-refractivity contribution in [3.05, 3.63) is 0 Å². The van der Waals surface area contributed by atoms with Gasteiger partial charge in [0.25, 0.3) is 0 Å². The number of carboxylic acid groups (broad SMARTS) is 2. The first-order valence-electron chi connectivity index (χ1n) is 1.56. The van der Waals surface area contributed by atoms with E-state index in [-0.39, 0.29) is 59.1 Å². The van der Waals surface area contributed by atoms with E-state index in [4.69, 9.17) is 10.2 Å². The molecule has 0 spiro atoms. The molecule has 0 saturated carbocycles. The second kappa shape index (κ2) is 8.94. The molecule has 0 saturated heterocycles. The summed E-state index contributed by atoms with van der Waals surface area (Å²) in [5, 5.41) is 15.4. The van der Waals surface area contributed by atoms with Crippen molar-refractivity contribution < 1.29 is 19.8 Å². The van der Waals surface area contributed by atoms with Crippen LogP contribution in [0, 0.1) is 0 Å². The van der Waals surface area contributed by atoms with Gasteiger partial charge >= 0.3 is 11.9 Å². The molecule has 6 heteroatoms. The van der Waals surface area contributed by atoms with Crippen molar-refractivity contribution in [2.24, 2.45) is 0 Å². The Bertz CT molecular complexity index is 90.0. The Morgan fingerprint density at radius 3 is 1.22 bits per heavy atom. The van der Waals surface area contributed by atoms with E-state index in [2.05, 4.69) is 0 Å². The summed E-state index contributed by atoms with van der Waals surface area (Å²) >= 11 is 0. The molecular formula is C3H4Na2O4. The fourth-order valence-electron chi connectivity index (χ4n) is 0.129. The number of hydrogen-bond donors (Lipinski definition) is 2. The molecule has 0 atom stereocenters. The van der Waals surface area contributed by atoms with E-state index in [1.807, 2.05) is 0 Å². The quantitative estimate of drug-likeness (QED) is 0.382. The van der Waals surface area contributed by atoms with Crippen LogP contribution in [0.5, 0.6) is 0 Å². The van der Waals surface area contributed by atoms with Gasteiger partial charge in [-0.05, 0) is 0 Å². The van der Waals surface area contributed by atoms with Gasteiger partial charge in [0.15, 0.2) is 0 Å². The van der Waals surface area contributed by atoms with E-state index < -0.39 is 18.4 Å². The molecule has 2 radical (unpaired) electrons. The van der Waals surface area contributed by atoms with Gasteiger partial charge in [-0.3, -0.25) is 9.59 Å². The number of aliphatic carboxylic acids is 2. The molecule has 2 N–H and O–H groups in total. The Morgan fingerprint density at radius 1 is 1.00 bits per heavy atom. The van der Waals surface area contributed by atoms with Crippen LogP contribution in [0.15, 0.2) is 0 Å². The molecule has 0 unspecified atom stereocenters. The minimum absolute atomic E-state index is 0. The number of carbonyl (C=O) groups is 2. The van der Waals surface area contributed by atoms with Gasteiger partial charge < -0.3 is 10.2 Å². The van der Waals surface area contributed by atoms with E-state index >= 15 is 0 Å². The van der Waals surface area contributed by atoms with Crippen LogP contribution in [0.2, 0.25) is 0 Å². The minimum Gasteiger partial charge on any atom is -0.481 e. The van der Waals surface area contributed by atoms with E-state index in [1.165, 1.54) is 0 Å². The zero-order chi connectivity index (χ0) is 5.86. The molecule has 0 aliphatic carbocycles. The molecule has 0 aromatic rings. The molecule has 0 amide bonds. The zero-order valence-electron chi connectivity index (χ0n) is 5.42. The zero-order valence-corrected chi connectivity index (χ0v) is 9.42. The van der Waals surface area contributed by atoms with Crippen molar-refractivity contribution in [2.45, 2.75) is 6.42 Å². The van der Waals surface area contributed by atoms with Gasteiger partial charge in [0.05, 0.1) is 0 Å². The average Bonchev–Trinajstić information content (AvgIpc) is 1.27. The third-order valence-electron chi connectivity index (χ3n) is 0.302. The minimum atomic E-state index is -1.31. The van der Waals surface area contributed by atoms with E-state index in [9.17, 15) is 9.59 Å².